The van der Waals surface area contributed by atoms with Crippen molar-refractivity contribution in [1.29, 1.82) is 0 Å². The van der Waals surface area contributed by atoms with Gasteiger partial charge in [0.05, 0.1) is 5.69 Å². The molecule has 0 saturated heterocycles. The first-order valence-corrected chi connectivity index (χ1v) is 8.81. The average Bonchev–Trinajstić information content (AvgIpc) is 2.53. The molecule has 0 bridgehead atoms. The molecule has 5 heteroatoms. The standard InChI is InChI=1S/C19H16BrF2NO/c20-19(21,22)18(14-9-6-10-14)15-11-4-5-12-16(15)23-17(24-18)13-7-2-1-3-8-13/h1-5,7-8,11-12,14H,6,9-10H2/t18-/m1/s1. The smallest absolute Gasteiger partial charge is 0.344 e. The van der Waals surface area contributed by atoms with Gasteiger partial charge in [0, 0.05) is 17.0 Å². The van der Waals surface area contributed by atoms with Gasteiger partial charge in [-0.25, -0.2) is 4.99 Å². The monoisotopic (exact) mass is 391 g/mol. The molecule has 2 nitrogen and oxygen atoms in total. The summed E-state index contributed by atoms with van der Waals surface area (Å²) in [5.41, 5.74) is -0.0215. The lowest BCUT2D eigenvalue weighted by Crippen LogP contribution is -2.54. The molecule has 1 saturated carbocycles. The minimum atomic E-state index is -3.20. The first-order chi connectivity index (χ1) is 11.5. The van der Waals surface area contributed by atoms with Gasteiger partial charge in [-0.2, -0.15) is 8.78 Å². The quantitative estimate of drug-likeness (QED) is 0.607. The van der Waals surface area contributed by atoms with E-state index in [2.05, 4.69) is 20.9 Å². The molecule has 0 amide bonds. The Morgan fingerprint density at radius 3 is 2.33 bits per heavy atom. The number of ether oxygens (including phenoxy) is 1. The van der Waals surface area contributed by atoms with Crippen LogP contribution < -0.4 is 0 Å². The third-order valence-electron chi connectivity index (χ3n) is 4.91. The largest absolute Gasteiger partial charge is 0.458 e. The molecule has 1 atom stereocenters. The summed E-state index contributed by atoms with van der Waals surface area (Å²) in [5, 5.41) is 0. The maximum absolute atomic E-state index is 14.8. The van der Waals surface area contributed by atoms with Gasteiger partial charge in [-0.3, -0.25) is 0 Å². The zero-order chi connectivity index (χ0) is 16.8. The number of rotatable bonds is 3. The Bertz CT molecular complexity index is 783. The Labute approximate surface area is 147 Å². The molecule has 4 rings (SSSR count). The predicted octanol–water partition coefficient (Wildman–Crippen LogP) is 5.78. The Morgan fingerprint density at radius 2 is 1.71 bits per heavy atom. The van der Waals surface area contributed by atoms with Crippen LogP contribution in [-0.2, 0) is 10.3 Å². The van der Waals surface area contributed by atoms with Crippen LogP contribution in [-0.4, -0.2) is 10.7 Å². The van der Waals surface area contributed by atoms with E-state index in [-0.39, 0.29) is 11.8 Å². The minimum Gasteiger partial charge on any atom is -0.458 e. The van der Waals surface area contributed by atoms with Gasteiger partial charge in [-0.1, -0.05) is 42.8 Å². The number of alkyl halides is 3. The maximum atomic E-state index is 14.8. The number of fused-ring (bicyclic) bond motifs is 1. The van der Waals surface area contributed by atoms with E-state index in [1.54, 1.807) is 18.2 Å². The highest BCUT2D eigenvalue weighted by Gasteiger charge is 2.64. The third-order valence-corrected chi connectivity index (χ3v) is 5.49. The molecule has 1 aliphatic carbocycles. The van der Waals surface area contributed by atoms with Crippen LogP contribution in [0.1, 0.15) is 30.4 Å². The van der Waals surface area contributed by atoms with Crippen molar-refractivity contribution in [1.82, 2.24) is 0 Å². The second-order valence-electron chi connectivity index (χ2n) is 6.26. The Kier molecular flexibility index (Phi) is 3.71. The lowest BCUT2D eigenvalue weighted by molar-refractivity contribution is -0.164. The Balaban J connectivity index is 1.93. The van der Waals surface area contributed by atoms with Gasteiger partial charge in [-0.05, 0) is 47.0 Å². The van der Waals surface area contributed by atoms with Gasteiger partial charge in [0.15, 0.2) is 0 Å². The highest BCUT2D eigenvalue weighted by atomic mass is 79.9. The number of benzene rings is 2. The lowest BCUT2D eigenvalue weighted by Gasteiger charge is -2.49. The molecule has 1 heterocycles. The molecule has 1 aliphatic heterocycles. The SMILES string of the molecule is FC(F)(Br)[C@]1(C2CCC2)OC(c2ccccc2)=Nc2ccccc21. The van der Waals surface area contributed by atoms with Crippen molar-refractivity contribution in [2.45, 2.75) is 29.7 Å². The second-order valence-corrected chi connectivity index (χ2v) is 7.26. The minimum absolute atomic E-state index is 0.248. The van der Waals surface area contributed by atoms with Crippen LogP contribution in [0.3, 0.4) is 0 Å². The number of aliphatic imine (C=N–C) groups is 1. The summed E-state index contributed by atoms with van der Waals surface area (Å²) in [7, 11) is 0. The van der Waals surface area contributed by atoms with Crippen LogP contribution in [0.15, 0.2) is 59.6 Å². The molecule has 2 aromatic carbocycles. The van der Waals surface area contributed by atoms with Crippen LogP contribution in [0.5, 0.6) is 0 Å². The number of para-hydroxylation sites is 1. The van der Waals surface area contributed by atoms with Crippen molar-refractivity contribution in [3.05, 3.63) is 65.7 Å². The van der Waals surface area contributed by atoms with Gasteiger partial charge < -0.3 is 4.74 Å². The summed E-state index contributed by atoms with van der Waals surface area (Å²) in [4.78, 5) is 1.31. The highest BCUT2D eigenvalue weighted by molar-refractivity contribution is 9.10. The molecule has 1 fully saturated rings. The van der Waals surface area contributed by atoms with E-state index in [0.29, 0.717) is 16.8 Å². The molecule has 0 N–H and O–H groups in total. The Hall–Kier alpha value is -1.75. The summed E-state index contributed by atoms with van der Waals surface area (Å²) in [6.07, 6.45) is 2.38. The van der Waals surface area contributed by atoms with Crippen molar-refractivity contribution < 1.29 is 13.5 Å². The molecule has 0 unspecified atom stereocenters. The fraction of sp³-hybridized carbons (Fsp3) is 0.316. The van der Waals surface area contributed by atoms with Crippen LogP contribution >= 0.6 is 15.9 Å². The zero-order valence-corrected chi connectivity index (χ0v) is 14.5. The number of hydrogen-bond acceptors (Lipinski definition) is 2. The molecule has 124 valence electrons. The number of nitrogens with zero attached hydrogens (tertiary/aromatic N) is 1. The fourth-order valence-electron chi connectivity index (χ4n) is 3.49. The molecule has 2 aromatic rings. The van der Waals surface area contributed by atoms with Crippen LogP contribution in [0.4, 0.5) is 14.5 Å². The first kappa shape index (κ1) is 15.8. The zero-order valence-electron chi connectivity index (χ0n) is 12.9. The third kappa shape index (κ3) is 2.29. The second kappa shape index (κ2) is 5.66. The van der Waals surface area contributed by atoms with Crippen molar-refractivity contribution in [2.75, 3.05) is 0 Å². The van der Waals surface area contributed by atoms with Crippen molar-refractivity contribution in [3.63, 3.8) is 0 Å². The molecule has 0 aromatic heterocycles. The fourth-order valence-corrected chi connectivity index (χ4v) is 4.11. The molecule has 24 heavy (non-hydrogen) atoms. The Morgan fingerprint density at radius 1 is 1.04 bits per heavy atom. The maximum Gasteiger partial charge on any atom is 0.344 e. The molecular formula is C19H16BrF2NO. The average molecular weight is 392 g/mol. The molecular weight excluding hydrogens is 376 g/mol. The number of halogens is 3. The van der Waals surface area contributed by atoms with E-state index >= 15 is 0 Å². The summed E-state index contributed by atoms with van der Waals surface area (Å²) in [6, 6.07) is 16.3. The van der Waals surface area contributed by atoms with Gasteiger partial charge in [0.1, 0.15) is 0 Å². The van der Waals surface area contributed by atoms with E-state index in [1.165, 1.54) is 0 Å². The summed E-state index contributed by atoms with van der Waals surface area (Å²) < 4.78 is 35.7. The van der Waals surface area contributed by atoms with Crippen molar-refractivity contribution in [2.24, 2.45) is 10.9 Å². The van der Waals surface area contributed by atoms with Gasteiger partial charge >= 0.3 is 4.83 Å². The first-order valence-electron chi connectivity index (χ1n) is 8.02. The van der Waals surface area contributed by atoms with Crippen molar-refractivity contribution >= 4 is 27.5 Å². The summed E-state index contributed by atoms with van der Waals surface area (Å²) >= 11 is 2.63. The van der Waals surface area contributed by atoms with Crippen LogP contribution in [0.2, 0.25) is 0 Å². The van der Waals surface area contributed by atoms with Crippen LogP contribution in [0, 0.1) is 5.92 Å². The summed E-state index contributed by atoms with van der Waals surface area (Å²) in [5.74, 6) is 0.00237. The van der Waals surface area contributed by atoms with E-state index in [4.69, 9.17) is 4.74 Å². The molecule has 0 spiro atoms. The highest BCUT2D eigenvalue weighted by Crippen LogP contribution is 2.59. The van der Waals surface area contributed by atoms with E-state index in [0.717, 1.165) is 19.3 Å². The molecule has 2 aliphatic rings. The number of hydrogen-bond donors (Lipinski definition) is 0. The van der Waals surface area contributed by atoms with E-state index < -0.39 is 10.4 Å². The van der Waals surface area contributed by atoms with E-state index in [9.17, 15) is 8.78 Å². The van der Waals surface area contributed by atoms with Gasteiger partial charge in [0.25, 0.3) is 0 Å². The van der Waals surface area contributed by atoms with Gasteiger partial charge in [0.2, 0.25) is 11.5 Å². The molecule has 0 radical (unpaired) electrons. The lowest BCUT2D eigenvalue weighted by atomic mass is 9.69. The predicted molar refractivity (Wildman–Crippen MR) is 93.1 cm³/mol. The van der Waals surface area contributed by atoms with Gasteiger partial charge in [-0.15, -0.1) is 0 Å². The van der Waals surface area contributed by atoms with Crippen molar-refractivity contribution in [3.8, 4) is 0 Å². The van der Waals surface area contributed by atoms with E-state index in [1.807, 2.05) is 36.4 Å². The summed E-state index contributed by atoms with van der Waals surface area (Å²) in [6.45, 7) is 0. The normalized spacial score (nSPS) is 23.7. The topological polar surface area (TPSA) is 21.6 Å². The van der Waals surface area contributed by atoms with Crippen LogP contribution in [0.25, 0.3) is 0 Å².